The predicted molar refractivity (Wildman–Crippen MR) is 70.6 cm³/mol. The lowest BCUT2D eigenvalue weighted by molar-refractivity contribution is 0.433. The molecule has 0 saturated carbocycles. The molecule has 0 spiro atoms. The number of anilines is 2. The molecule has 18 heavy (non-hydrogen) atoms. The highest BCUT2D eigenvalue weighted by molar-refractivity contribution is 5.62. The Kier molecular flexibility index (Phi) is 2.61. The summed E-state index contributed by atoms with van der Waals surface area (Å²) in [5.74, 6) is 1.46. The first-order valence-electron chi connectivity index (χ1n) is 5.73. The minimum atomic E-state index is 0.706. The number of aromatic nitrogens is 2. The lowest BCUT2D eigenvalue weighted by atomic mass is 10.3. The van der Waals surface area contributed by atoms with Gasteiger partial charge in [0.2, 0.25) is 0 Å². The zero-order valence-corrected chi connectivity index (χ0v) is 10.00. The lowest BCUT2D eigenvalue weighted by Crippen LogP contribution is -1.89. The van der Waals surface area contributed by atoms with Gasteiger partial charge in [0.05, 0.1) is 5.69 Å². The lowest BCUT2D eigenvalue weighted by Gasteiger charge is -1.99. The second-order valence-electron chi connectivity index (χ2n) is 4.07. The van der Waals surface area contributed by atoms with Crippen LogP contribution in [0, 0.1) is 0 Å². The smallest absolute Gasteiger partial charge is 0.185 e. The second-order valence-corrected chi connectivity index (χ2v) is 4.07. The van der Waals surface area contributed by atoms with Gasteiger partial charge in [-0.25, -0.2) is 0 Å². The number of para-hydroxylation sites is 1. The van der Waals surface area contributed by atoms with E-state index in [4.69, 9.17) is 4.52 Å². The van der Waals surface area contributed by atoms with E-state index < -0.39 is 0 Å². The normalized spacial score (nSPS) is 10.5. The second kappa shape index (κ2) is 4.41. The molecule has 4 nitrogen and oxygen atoms in total. The summed E-state index contributed by atoms with van der Waals surface area (Å²) < 4.78 is 7.32. The number of aryl methyl sites for hydroxylation is 1. The van der Waals surface area contributed by atoms with Crippen molar-refractivity contribution in [3.8, 4) is 11.5 Å². The molecule has 0 radical (unpaired) electrons. The van der Waals surface area contributed by atoms with Crippen LogP contribution in [0.2, 0.25) is 0 Å². The Bertz CT molecular complexity index is 640. The average Bonchev–Trinajstić information content (AvgIpc) is 2.99. The van der Waals surface area contributed by atoms with E-state index in [-0.39, 0.29) is 0 Å². The van der Waals surface area contributed by atoms with Gasteiger partial charge in [-0.15, -0.1) is 0 Å². The number of nitrogens with zero attached hydrogens (tertiary/aromatic N) is 2. The van der Waals surface area contributed by atoms with Crippen molar-refractivity contribution in [1.82, 2.24) is 9.72 Å². The summed E-state index contributed by atoms with van der Waals surface area (Å²) in [4.78, 5) is 0. The SMILES string of the molecule is Cn1cccc1-c1cc(Nc2ccccc2)no1. The molecule has 0 aliphatic heterocycles. The Morgan fingerprint density at radius 1 is 1.11 bits per heavy atom. The van der Waals surface area contributed by atoms with E-state index in [9.17, 15) is 0 Å². The Morgan fingerprint density at radius 2 is 1.94 bits per heavy atom. The fraction of sp³-hybridized carbons (Fsp3) is 0.0714. The van der Waals surface area contributed by atoms with Gasteiger partial charge in [0, 0.05) is 25.0 Å². The standard InChI is InChI=1S/C14H13N3O/c1-17-9-5-8-12(17)13-10-14(16-18-13)15-11-6-3-2-4-7-11/h2-10H,1H3,(H,15,16). The van der Waals surface area contributed by atoms with Crippen LogP contribution in [-0.4, -0.2) is 9.72 Å². The molecule has 2 heterocycles. The van der Waals surface area contributed by atoms with Crippen molar-refractivity contribution in [2.24, 2.45) is 7.05 Å². The number of hydrogen-bond acceptors (Lipinski definition) is 3. The molecule has 0 bridgehead atoms. The molecule has 0 amide bonds. The van der Waals surface area contributed by atoms with Crippen molar-refractivity contribution in [1.29, 1.82) is 0 Å². The van der Waals surface area contributed by atoms with Crippen LogP contribution in [0.1, 0.15) is 0 Å². The van der Waals surface area contributed by atoms with Crippen LogP contribution in [0.25, 0.3) is 11.5 Å². The van der Waals surface area contributed by atoms with Crippen LogP contribution >= 0.6 is 0 Å². The molecule has 0 unspecified atom stereocenters. The Balaban J connectivity index is 1.84. The van der Waals surface area contributed by atoms with Crippen LogP contribution in [-0.2, 0) is 7.05 Å². The summed E-state index contributed by atoms with van der Waals surface area (Å²) in [5.41, 5.74) is 1.99. The zero-order valence-electron chi connectivity index (χ0n) is 10.00. The Labute approximate surface area is 105 Å². The van der Waals surface area contributed by atoms with Crippen LogP contribution in [0.5, 0.6) is 0 Å². The quantitative estimate of drug-likeness (QED) is 0.761. The molecular weight excluding hydrogens is 226 g/mol. The third kappa shape index (κ3) is 2.00. The number of benzene rings is 1. The summed E-state index contributed by atoms with van der Waals surface area (Å²) >= 11 is 0. The summed E-state index contributed by atoms with van der Waals surface area (Å²) in [7, 11) is 1.97. The fourth-order valence-corrected chi connectivity index (χ4v) is 1.84. The molecule has 0 saturated heterocycles. The van der Waals surface area contributed by atoms with Crippen molar-refractivity contribution >= 4 is 11.5 Å². The van der Waals surface area contributed by atoms with E-state index in [2.05, 4.69) is 10.5 Å². The van der Waals surface area contributed by atoms with Gasteiger partial charge in [0.25, 0.3) is 0 Å². The molecule has 3 aromatic rings. The van der Waals surface area contributed by atoms with Gasteiger partial charge in [-0.1, -0.05) is 23.4 Å². The van der Waals surface area contributed by atoms with E-state index in [0.29, 0.717) is 5.82 Å². The Morgan fingerprint density at radius 3 is 2.67 bits per heavy atom. The van der Waals surface area contributed by atoms with Crippen LogP contribution in [0.3, 0.4) is 0 Å². The van der Waals surface area contributed by atoms with Crippen molar-refractivity contribution in [2.45, 2.75) is 0 Å². The van der Waals surface area contributed by atoms with Crippen molar-refractivity contribution in [3.05, 3.63) is 54.7 Å². The first-order valence-corrected chi connectivity index (χ1v) is 5.73. The third-order valence-corrected chi connectivity index (χ3v) is 2.75. The van der Waals surface area contributed by atoms with Crippen LogP contribution in [0.4, 0.5) is 11.5 Å². The maximum atomic E-state index is 5.33. The van der Waals surface area contributed by atoms with Crippen molar-refractivity contribution < 1.29 is 4.52 Å². The molecule has 0 aliphatic carbocycles. The minimum absolute atomic E-state index is 0.706. The van der Waals surface area contributed by atoms with Gasteiger partial charge in [-0.3, -0.25) is 0 Å². The average molecular weight is 239 g/mol. The molecular formula is C14H13N3O. The molecule has 0 fully saturated rings. The van der Waals surface area contributed by atoms with Gasteiger partial charge in [-0.05, 0) is 24.3 Å². The number of nitrogens with one attached hydrogen (secondary N) is 1. The number of hydrogen-bond donors (Lipinski definition) is 1. The van der Waals surface area contributed by atoms with Gasteiger partial charge in [0.1, 0.15) is 0 Å². The summed E-state index contributed by atoms with van der Waals surface area (Å²) in [6, 6.07) is 15.7. The van der Waals surface area contributed by atoms with E-state index in [1.807, 2.05) is 66.3 Å². The first-order chi connectivity index (χ1) is 8.83. The van der Waals surface area contributed by atoms with Gasteiger partial charge in [-0.2, -0.15) is 0 Å². The maximum Gasteiger partial charge on any atom is 0.185 e. The molecule has 1 N–H and O–H groups in total. The highest BCUT2D eigenvalue weighted by Gasteiger charge is 2.08. The highest BCUT2D eigenvalue weighted by atomic mass is 16.5. The largest absolute Gasteiger partial charge is 0.353 e. The van der Waals surface area contributed by atoms with Crippen molar-refractivity contribution in [2.75, 3.05) is 5.32 Å². The fourth-order valence-electron chi connectivity index (χ4n) is 1.84. The minimum Gasteiger partial charge on any atom is -0.353 e. The molecule has 0 aliphatic rings. The van der Waals surface area contributed by atoms with E-state index in [1.165, 1.54) is 0 Å². The monoisotopic (exact) mass is 239 g/mol. The summed E-state index contributed by atoms with van der Waals surface area (Å²) in [6.07, 6.45) is 1.97. The maximum absolute atomic E-state index is 5.33. The van der Waals surface area contributed by atoms with Gasteiger partial charge < -0.3 is 14.4 Å². The number of rotatable bonds is 3. The zero-order chi connectivity index (χ0) is 12.4. The topological polar surface area (TPSA) is 43.0 Å². The highest BCUT2D eigenvalue weighted by Crippen LogP contribution is 2.24. The molecule has 2 aromatic heterocycles. The van der Waals surface area contributed by atoms with E-state index in [0.717, 1.165) is 17.1 Å². The molecule has 4 heteroatoms. The van der Waals surface area contributed by atoms with Gasteiger partial charge >= 0.3 is 0 Å². The third-order valence-electron chi connectivity index (χ3n) is 2.75. The summed E-state index contributed by atoms with van der Waals surface area (Å²) in [6.45, 7) is 0. The van der Waals surface area contributed by atoms with Crippen LogP contribution < -0.4 is 5.32 Å². The van der Waals surface area contributed by atoms with E-state index in [1.54, 1.807) is 0 Å². The molecule has 0 atom stereocenters. The molecule has 90 valence electrons. The van der Waals surface area contributed by atoms with Gasteiger partial charge in [0.15, 0.2) is 11.6 Å². The van der Waals surface area contributed by atoms with E-state index >= 15 is 0 Å². The Hall–Kier alpha value is -2.49. The summed E-state index contributed by atoms with van der Waals surface area (Å²) in [5, 5.41) is 7.20. The van der Waals surface area contributed by atoms with Crippen LogP contribution in [0.15, 0.2) is 59.3 Å². The predicted octanol–water partition coefficient (Wildman–Crippen LogP) is 3.42. The van der Waals surface area contributed by atoms with Crippen molar-refractivity contribution in [3.63, 3.8) is 0 Å². The first kappa shape index (κ1) is 10.7. The molecule has 3 rings (SSSR count). The molecule has 1 aromatic carbocycles.